The van der Waals surface area contributed by atoms with Crippen LogP contribution >= 0.6 is 23.2 Å². The molecule has 0 atom stereocenters. The molecule has 330 valence electrons. The van der Waals surface area contributed by atoms with E-state index in [1.54, 1.807) is 12.1 Å². The number of hydrogen-bond donors (Lipinski definition) is 3. The van der Waals surface area contributed by atoms with Crippen LogP contribution in [0.3, 0.4) is 0 Å². The van der Waals surface area contributed by atoms with Gasteiger partial charge in [-0.25, -0.2) is 18.1 Å². The summed E-state index contributed by atoms with van der Waals surface area (Å²) in [6.45, 7) is 8.80. The van der Waals surface area contributed by atoms with Gasteiger partial charge in [-0.2, -0.15) is 0 Å². The number of halogens is 2. The zero-order valence-electron chi connectivity index (χ0n) is 34.8. The molecule has 1 saturated carbocycles. The molecule has 0 unspecified atom stereocenters. The predicted molar refractivity (Wildman–Crippen MR) is 241 cm³/mol. The smallest absolute Gasteiger partial charge is 0.312 e. The van der Waals surface area contributed by atoms with Crippen LogP contribution in [0.4, 0.5) is 17.2 Å². The molecule has 3 aliphatic rings. The lowest BCUT2D eigenvalue weighted by Crippen LogP contribution is -2.47. The Kier molecular flexibility index (Phi) is 14.0. The average molecular weight is 908 g/mol. The van der Waals surface area contributed by atoms with Crippen molar-refractivity contribution in [2.45, 2.75) is 63.7 Å². The minimum Gasteiger partial charge on any atom is -0.487 e. The molecule has 0 radical (unpaired) electrons. The number of pyridine rings is 1. The van der Waals surface area contributed by atoms with Gasteiger partial charge in [0.2, 0.25) is 0 Å². The number of ether oxygens (including phenoxy) is 2. The highest BCUT2D eigenvalue weighted by Crippen LogP contribution is 2.44. The minimum atomic E-state index is -4.62. The largest absolute Gasteiger partial charge is 0.487 e. The molecule has 4 N–H and O–H groups in total. The molecular formula is C45H52Cl2N6O8S. The second-order valence-electron chi connectivity index (χ2n) is 17.2. The van der Waals surface area contributed by atoms with Gasteiger partial charge in [0.25, 0.3) is 15.9 Å². The van der Waals surface area contributed by atoms with E-state index in [4.69, 9.17) is 38.4 Å². The van der Waals surface area contributed by atoms with Gasteiger partial charge in [-0.1, -0.05) is 54.8 Å². The molecule has 17 heteroatoms. The van der Waals surface area contributed by atoms with E-state index in [2.05, 4.69) is 45.5 Å². The lowest BCUT2D eigenvalue weighted by atomic mass is 9.72. The second kappa shape index (κ2) is 19.2. The fraction of sp³-hybridized carbons (Fsp3) is 0.422. The summed E-state index contributed by atoms with van der Waals surface area (Å²) in [6.07, 6.45) is 7.79. The molecular weight excluding hydrogens is 856 g/mol. The summed E-state index contributed by atoms with van der Waals surface area (Å²) in [6, 6.07) is 17.7. The van der Waals surface area contributed by atoms with E-state index in [0.717, 1.165) is 82.4 Å². The number of nitro groups is 1. The van der Waals surface area contributed by atoms with Crippen molar-refractivity contribution in [3.05, 3.63) is 110 Å². The lowest BCUT2D eigenvalue weighted by Gasteiger charge is -2.39. The van der Waals surface area contributed by atoms with Gasteiger partial charge in [-0.3, -0.25) is 19.8 Å². The third-order valence-corrected chi connectivity index (χ3v) is 14.1. The van der Waals surface area contributed by atoms with Crippen molar-refractivity contribution in [1.29, 1.82) is 0 Å². The number of rotatable bonds is 14. The maximum Gasteiger partial charge on any atom is 0.312 e. The summed E-state index contributed by atoms with van der Waals surface area (Å²) < 4.78 is 41.3. The Labute approximate surface area is 372 Å². The Balaban J connectivity index is 1.07. The Hall–Kier alpha value is -4.93. The first-order valence-electron chi connectivity index (χ1n) is 20.8. The molecule has 3 aromatic carbocycles. The van der Waals surface area contributed by atoms with Crippen molar-refractivity contribution in [1.82, 2.24) is 14.6 Å². The number of benzene rings is 3. The highest BCUT2D eigenvalue weighted by molar-refractivity contribution is 7.90. The molecule has 0 bridgehead atoms. The number of nitrogens with zero attached hydrogens (tertiary/aromatic N) is 4. The fourth-order valence-corrected chi connectivity index (χ4v) is 9.71. The molecule has 0 spiro atoms. The number of aliphatic hydroxyl groups is 1. The molecule has 4 aromatic rings. The van der Waals surface area contributed by atoms with Gasteiger partial charge in [-0.05, 0) is 110 Å². The molecule has 62 heavy (non-hydrogen) atoms. The third kappa shape index (κ3) is 11.0. The second-order valence-corrected chi connectivity index (χ2v) is 19.7. The number of piperazine rings is 1. The average Bonchev–Trinajstić information content (AvgIpc) is 3.25. The molecule has 7 rings (SSSR count). The van der Waals surface area contributed by atoms with Crippen molar-refractivity contribution in [3.8, 4) is 17.2 Å². The van der Waals surface area contributed by atoms with Crippen molar-refractivity contribution in [2.75, 3.05) is 56.6 Å². The van der Waals surface area contributed by atoms with E-state index in [1.807, 2.05) is 12.1 Å². The molecule has 1 aromatic heterocycles. The SMILES string of the molecule is CC1(C)CCC(CN2CCN(c3ccc(C(=O)NS(=O)(=O)c4ccc(OCC5CCC(CO)CC5)c([N+](=O)[O-])c4)c(Oc4cnc(N)c(Cl)c4)c3)CC2)=C(c2ccc(Cl)cc2)C1. The maximum absolute atomic E-state index is 13.8. The summed E-state index contributed by atoms with van der Waals surface area (Å²) in [5, 5.41) is 22.3. The normalized spacial score (nSPS) is 19.5. The highest BCUT2D eigenvalue weighted by Gasteiger charge is 2.31. The van der Waals surface area contributed by atoms with Crippen LogP contribution < -0.4 is 24.8 Å². The molecule has 1 aliphatic heterocycles. The summed E-state index contributed by atoms with van der Waals surface area (Å²) in [7, 11) is -4.62. The summed E-state index contributed by atoms with van der Waals surface area (Å²) in [5.74, 6) is -0.424. The van der Waals surface area contributed by atoms with Gasteiger partial charge in [0.15, 0.2) is 5.75 Å². The molecule has 2 aliphatic carbocycles. The van der Waals surface area contributed by atoms with Gasteiger partial charge in [0, 0.05) is 68.2 Å². The Morgan fingerprint density at radius 3 is 2.37 bits per heavy atom. The molecule has 2 fully saturated rings. The first-order chi connectivity index (χ1) is 29.6. The van der Waals surface area contributed by atoms with E-state index in [0.29, 0.717) is 18.1 Å². The number of amides is 1. The number of carbonyl (C=O) groups excluding carboxylic acids is 1. The maximum atomic E-state index is 13.8. The van der Waals surface area contributed by atoms with Crippen LogP contribution in [-0.2, 0) is 10.0 Å². The van der Waals surface area contributed by atoms with Gasteiger partial charge in [0.1, 0.15) is 17.3 Å². The first-order valence-corrected chi connectivity index (χ1v) is 23.1. The molecule has 1 saturated heterocycles. The van der Waals surface area contributed by atoms with E-state index < -0.39 is 31.4 Å². The number of nitro benzene ring substituents is 1. The zero-order valence-corrected chi connectivity index (χ0v) is 37.1. The van der Waals surface area contributed by atoms with Crippen LogP contribution in [0.15, 0.2) is 83.4 Å². The van der Waals surface area contributed by atoms with E-state index in [-0.39, 0.29) is 64.1 Å². The summed E-state index contributed by atoms with van der Waals surface area (Å²) >= 11 is 12.5. The van der Waals surface area contributed by atoms with Crippen LogP contribution in [0.25, 0.3) is 5.57 Å². The van der Waals surface area contributed by atoms with Crippen LogP contribution in [0.2, 0.25) is 10.0 Å². The van der Waals surface area contributed by atoms with E-state index in [1.165, 1.54) is 41.1 Å². The number of allylic oxidation sites excluding steroid dienone is 1. The van der Waals surface area contributed by atoms with Crippen molar-refractivity contribution in [2.24, 2.45) is 17.3 Å². The number of hydrogen-bond acceptors (Lipinski definition) is 12. The number of carbonyl (C=O) groups is 1. The number of nitrogen functional groups attached to an aromatic ring is 1. The van der Waals surface area contributed by atoms with Crippen LogP contribution in [0, 0.1) is 27.4 Å². The third-order valence-electron chi connectivity index (χ3n) is 12.2. The van der Waals surface area contributed by atoms with Crippen molar-refractivity contribution >= 4 is 61.9 Å². The van der Waals surface area contributed by atoms with E-state index in [9.17, 15) is 28.4 Å². The number of nitrogens with two attached hydrogens (primary N) is 1. The quantitative estimate of drug-likeness (QED) is 0.0807. The lowest BCUT2D eigenvalue weighted by molar-refractivity contribution is -0.386. The molecule has 2 heterocycles. The fourth-order valence-electron chi connectivity index (χ4n) is 8.44. The van der Waals surface area contributed by atoms with Gasteiger partial charge < -0.3 is 25.2 Å². The van der Waals surface area contributed by atoms with Crippen LogP contribution in [0.1, 0.15) is 74.7 Å². The van der Waals surface area contributed by atoms with Crippen molar-refractivity contribution < 1.29 is 32.7 Å². The number of sulfonamides is 1. The predicted octanol–water partition coefficient (Wildman–Crippen LogP) is 8.75. The number of aromatic nitrogens is 1. The number of anilines is 2. The topological polar surface area (TPSA) is 190 Å². The number of aliphatic hydroxyl groups excluding tert-OH is 1. The zero-order chi connectivity index (χ0) is 44.2. The monoisotopic (exact) mass is 906 g/mol. The Morgan fingerprint density at radius 1 is 0.984 bits per heavy atom. The molecule has 14 nitrogen and oxygen atoms in total. The summed E-state index contributed by atoms with van der Waals surface area (Å²) in [5.41, 5.74) is 10.2. The van der Waals surface area contributed by atoms with Crippen molar-refractivity contribution in [3.63, 3.8) is 0 Å². The first kappa shape index (κ1) is 45.1. The molecule has 1 amide bonds. The Morgan fingerprint density at radius 2 is 1.69 bits per heavy atom. The van der Waals surface area contributed by atoms with Crippen LogP contribution in [-0.4, -0.2) is 80.2 Å². The van der Waals surface area contributed by atoms with Gasteiger partial charge in [-0.15, -0.1) is 0 Å². The minimum absolute atomic E-state index is 0.0330. The number of nitrogens with one attached hydrogen (secondary N) is 1. The standard InChI is InChI=1S/C45H52Cl2N6O8S/c1-45(2)16-15-32(38(24-45)31-7-9-33(46)10-8-31)26-51-17-19-52(20-18-51)34-11-13-37(42(21-34)61-35-22-39(47)43(48)49-25-35)44(55)50-62(58,59)36-12-14-41(40(23-36)53(56)57)60-28-30-5-3-29(27-54)4-6-30/h7-14,21-23,25,29-30,54H,3-6,15-20,24,26-28H2,1-2H3,(H2,48,49)(H,50,55). The van der Waals surface area contributed by atoms with Gasteiger partial charge in [0.05, 0.1) is 33.2 Å². The summed E-state index contributed by atoms with van der Waals surface area (Å²) in [4.78, 5) is 33.4. The van der Waals surface area contributed by atoms with Gasteiger partial charge >= 0.3 is 5.69 Å². The Bertz CT molecular complexity index is 2430. The van der Waals surface area contributed by atoms with E-state index >= 15 is 0 Å². The van der Waals surface area contributed by atoms with Crippen LogP contribution in [0.5, 0.6) is 17.2 Å². The highest BCUT2D eigenvalue weighted by atomic mass is 35.5.